The maximum absolute atomic E-state index is 13.6. The molecule has 1 fully saturated rings. The molecule has 0 aliphatic carbocycles. The van der Waals surface area contributed by atoms with Gasteiger partial charge in [0.25, 0.3) is 0 Å². The van der Waals surface area contributed by atoms with E-state index in [-0.39, 0.29) is 17.8 Å². The van der Waals surface area contributed by atoms with Gasteiger partial charge in [-0.1, -0.05) is 78.9 Å². The Morgan fingerprint density at radius 2 is 1.50 bits per heavy atom. The molecule has 4 aromatic rings. The van der Waals surface area contributed by atoms with Crippen LogP contribution in [0.4, 0.5) is 4.39 Å². The van der Waals surface area contributed by atoms with Crippen molar-refractivity contribution in [1.82, 2.24) is 5.32 Å². The van der Waals surface area contributed by atoms with E-state index in [9.17, 15) is 4.39 Å². The van der Waals surface area contributed by atoms with Gasteiger partial charge in [0.1, 0.15) is 5.82 Å². The minimum Gasteiger partial charge on any atom is -0.372 e. The summed E-state index contributed by atoms with van der Waals surface area (Å²) in [7, 11) is 0. The average Bonchev–Trinajstić information content (AvgIpc) is 2.84. The minimum absolute atomic E-state index is 0.0226. The minimum atomic E-state index is -0.198. The summed E-state index contributed by atoms with van der Waals surface area (Å²) in [6.07, 6.45) is 0.987. The Kier molecular flexibility index (Phi) is 6.29. The van der Waals surface area contributed by atoms with E-state index in [1.807, 2.05) is 12.1 Å². The topological polar surface area (TPSA) is 21.3 Å². The zero-order chi connectivity index (χ0) is 21.8. The molecule has 0 bridgehead atoms. The van der Waals surface area contributed by atoms with Crippen LogP contribution in [-0.4, -0.2) is 19.2 Å². The molecule has 0 aromatic heterocycles. The van der Waals surface area contributed by atoms with Crippen LogP contribution in [0.1, 0.15) is 22.6 Å². The summed E-state index contributed by atoms with van der Waals surface area (Å²) in [6, 6.07) is 32.5. The summed E-state index contributed by atoms with van der Waals surface area (Å²) >= 11 is 0. The fourth-order valence-electron chi connectivity index (χ4n) is 4.95. The largest absolute Gasteiger partial charge is 0.372 e. The molecule has 1 saturated heterocycles. The van der Waals surface area contributed by atoms with Crippen molar-refractivity contribution in [2.24, 2.45) is 5.92 Å². The molecule has 3 atom stereocenters. The molecule has 32 heavy (non-hydrogen) atoms. The molecule has 5 rings (SSSR count). The van der Waals surface area contributed by atoms with Crippen molar-refractivity contribution in [3.63, 3.8) is 0 Å². The van der Waals surface area contributed by atoms with Crippen LogP contribution in [0.2, 0.25) is 0 Å². The number of piperidine rings is 1. The summed E-state index contributed by atoms with van der Waals surface area (Å²) < 4.78 is 20.2. The van der Waals surface area contributed by atoms with Gasteiger partial charge in [0.15, 0.2) is 0 Å². The van der Waals surface area contributed by atoms with Crippen LogP contribution < -0.4 is 5.32 Å². The third-order valence-electron chi connectivity index (χ3n) is 6.53. The zero-order valence-electron chi connectivity index (χ0n) is 18.1. The quantitative estimate of drug-likeness (QED) is 0.402. The third kappa shape index (κ3) is 4.74. The second kappa shape index (κ2) is 9.64. The monoisotopic (exact) mass is 425 g/mol. The molecule has 0 spiro atoms. The van der Waals surface area contributed by atoms with Crippen LogP contribution in [0, 0.1) is 11.7 Å². The Morgan fingerprint density at radius 1 is 0.750 bits per heavy atom. The van der Waals surface area contributed by atoms with E-state index in [4.69, 9.17) is 4.74 Å². The number of fused-ring (bicyclic) bond motifs is 1. The fraction of sp³-hybridized carbons (Fsp3) is 0.241. The number of rotatable bonds is 6. The van der Waals surface area contributed by atoms with Gasteiger partial charge in [-0.25, -0.2) is 4.39 Å². The molecule has 0 radical (unpaired) electrons. The highest BCUT2D eigenvalue weighted by molar-refractivity contribution is 5.82. The second-order valence-electron chi connectivity index (χ2n) is 8.72. The number of halogens is 1. The average molecular weight is 426 g/mol. The lowest BCUT2D eigenvalue weighted by molar-refractivity contribution is -0.00596. The van der Waals surface area contributed by atoms with E-state index in [2.05, 4.69) is 78.1 Å². The molecule has 4 aromatic carbocycles. The Hall–Kier alpha value is -3.01. The first-order chi connectivity index (χ1) is 15.8. The van der Waals surface area contributed by atoms with Gasteiger partial charge in [-0.15, -0.1) is 0 Å². The van der Waals surface area contributed by atoms with Crippen molar-refractivity contribution in [2.75, 3.05) is 13.1 Å². The van der Waals surface area contributed by atoms with Gasteiger partial charge in [0, 0.05) is 12.5 Å². The normalized spacial score (nSPS) is 21.0. The van der Waals surface area contributed by atoms with E-state index < -0.39 is 0 Å². The van der Waals surface area contributed by atoms with Crippen molar-refractivity contribution < 1.29 is 9.13 Å². The van der Waals surface area contributed by atoms with Crippen LogP contribution in [0.15, 0.2) is 97.1 Å². The highest BCUT2D eigenvalue weighted by atomic mass is 19.1. The molecule has 1 N–H and O–H groups in total. The van der Waals surface area contributed by atoms with Crippen LogP contribution >= 0.6 is 0 Å². The summed E-state index contributed by atoms with van der Waals surface area (Å²) in [5.41, 5.74) is 3.64. The van der Waals surface area contributed by atoms with Crippen molar-refractivity contribution in [1.29, 1.82) is 0 Å². The molecule has 0 saturated carbocycles. The van der Waals surface area contributed by atoms with Crippen LogP contribution in [0.5, 0.6) is 0 Å². The molecular weight excluding hydrogens is 397 g/mol. The first-order valence-electron chi connectivity index (χ1n) is 11.4. The lowest BCUT2D eigenvalue weighted by Gasteiger charge is -2.39. The van der Waals surface area contributed by atoms with Gasteiger partial charge in [-0.05, 0) is 64.5 Å². The highest BCUT2D eigenvalue weighted by Crippen LogP contribution is 2.35. The Bertz CT molecular complexity index is 1160. The Balaban J connectivity index is 1.38. The van der Waals surface area contributed by atoms with Crippen molar-refractivity contribution in [3.05, 3.63) is 120 Å². The SMILES string of the molecule is Fc1ccc(C2C(Cc3ccccc3)CNCC2OCc2ccc3ccccc3c2)cc1. The smallest absolute Gasteiger partial charge is 0.123 e. The first kappa shape index (κ1) is 20.9. The van der Waals surface area contributed by atoms with Gasteiger partial charge >= 0.3 is 0 Å². The summed E-state index contributed by atoms with van der Waals surface area (Å²) in [4.78, 5) is 0. The summed E-state index contributed by atoms with van der Waals surface area (Å²) in [5, 5.41) is 6.05. The Labute approximate surface area is 189 Å². The number of benzene rings is 4. The maximum atomic E-state index is 13.6. The molecule has 1 heterocycles. The molecule has 3 unspecified atom stereocenters. The zero-order valence-corrected chi connectivity index (χ0v) is 18.1. The van der Waals surface area contributed by atoms with Crippen molar-refractivity contribution >= 4 is 10.8 Å². The van der Waals surface area contributed by atoms with Crippen molar-refractivity contribution in [3.8, 4) is 0 Å². The maximum Gasteiger partial charge on any atom is 0.123 e. The van der Waals surface area contributed by atoms with E-state index >= 15 is 0 Å². The first-order valence-corrected chi connectivity index (χ1v) is 11.4. The molecular formula is C29H28FNO. The molecule has 3 heteroatoms. The standard InChI is InChI=1S/C29H28FNO/c30-27-14-12-24(13-15-27)29-26(16-21-6-2-1-3-7-21)18-31-19-28(29)32-20-22-10-11-23-8-4-5-9-25(23)17-22/h1-15,17,26,28-29,31H,16,18-20H2. The van der Waals surface area contributed by atoms with Gasteiger partial charge in [0.05, 0.1) is 12.7 Å². The predicted octanol–water partition coefficient (Wildman–Crippen LogP) is 6.11. The van der Waals surface area contributed by atoms with Crippen LogP contribution in [-0.2, 0) is 17.8 Å². The van der Waals surface area contributed by atoms with Crippen LogP contribution in [0.25, 0.3) is 10.8 Å². The Morgan fingerprint density at radius 3 is 2.31 bits per heavy atom. The molecule has 1 aliphatic rings. The fourth-order valence-corrected chi connectivity index (χ4v) is 4.95. The number of nitrogens with one attached hydrogen (secondary N) is 1. The van der Waals surface area contributed by atoms with E-state index in [0.29, 0.717) is 12.5 Å². The van der Waals surface area contributed by atoms with E-state index in [1.165, 1.54) is 21.9 Å². The number of ether oxygens (including phenoxy) is 1. The lowest BCUT2D eigenvalue weighted by atomic mass is 9.76. The predicted molar refractivity (Wildman–Crippen MR) is 128 cm³/mol. The molecule has 2 nitrogen and oxygen atoms in total. The van der Waals surface area contributed by atoms with Gasteiger partial charge in [-0.3, -0.25) is 0 Å². The second-order valence-corrected chi connectivity index (χ2v) is 8.72. The van der Waals surface area contributed by atoms with Gasteiger partial charge < -0.3 is 10.1 Å². The highest BCUT2D eigenvalue weighted by Gasteiger charge is 2.35. The van der Waals surface area contributed by atoms with Gasteiger partial charge in [-0.2, -0.15) is 0 Å². The molecule has 162 valence electrons. The molecule has 0 amide bonds. The van der Waals surface area contributed by atoms with Crippen molar-refractivity contribution in [2.45, 2.75) is 25.0 Å². The number of hydrogen-bond acceptors (Lipinski definition) is 2. The molecule has 1 aliphatic heterocycles. The summed E-state index contributed by atoms with van der Waals surface area (Å²) in [6.45, 7) is 2.28. The van der Waals surface area contributed by atoms with Crippen LogP contribution in [0.3, 0.4) is 0 Å². The van der Waals surface area contributed by atoms with Gasteiger partial charge in [0.2, 0.25) is 0 Å². The summed E-state index contributed by atoms with van der Waals surface area (Å²) in [5.74, 6) is 0.381. The lowest BCUT2D eigenvalue weighted by Crippen LogP contribution is -2.47. The van der Waals surface area contributed by atoms with E-state index in [0.717, 1.165) is 25.1 Å². The van der Waals surface area contributed by atoms with E-state index in [1.54, 1.807) is 12.1 Å². The third-order valence-corrected chi connectivity index (χ3v) is 6.53. The number of hydrogen-bond donors (Lipinski definition) is 1.